The van der Waals surface area contributed by atoms with E-state index in [0.29, 0.717) is 39.5 Å². The van der Waals surface area contributed by atoms with Gasteiger partial charge in [0.25, 0.3) is 5.91 Å². The first kappa shape index (κ1) is 13.6. The Morgan fingerprint density at radius 3 is 2.96 bits per heavy atom. The Bertz CT molecular complexity index is 889. The first-order chi connectivity index (χ1) is 11.2. The number of carbonyl (C=O) groups is 2. The molecule has 23 heavy (non-hydrogen) atoms. The van der Waals surface area contributed by atoms with Gasteiger partial charge in [0.1, 0.15) is 24.5 Å². The lowest BCUT2D eigenvalue weighted by Crippen LogP contribution is -2.05. The molecular formula is C17H11FN2O3. The highest BCUT2D eigenvalue weighted by molar-refractivity contribution is 6.36. The van der Waals surface area contributed by atoms with Crippen LogP contribution in [0.25, 0.3) is 11.3 Å². The van der Waals surface area contributed by atoms with Crippen molar-refractivity contribution in [1.29, 1.82) is 0 Å². The number of hydrogen-bond acceptors (Lipinski definition) is 4. The van der Waals surface area contributed by atoms with Gasteiger partial charge in [0, 0.05) is 28.9 Å². The number of benzene rings is 1. The number of ether oxygens (including phenoxy) is 1. The molecule has 1 aromatic carbocycles. The Kier molecular flexibility index (Phi) is 2.97. The van der Waals surface area contributed by atoms with Crippen LogP contribution in [-0.2, 0) is 27.4 Å². The predicted octanol–water partition coefficient (Wildman–Crippen LogP) is 2.31. The van der Waals surface area contributed by atoms with Crippen LogP contribution in [0.3, 0.4) is 0 Å². The molecule has 0 spiro atoms. The number of nitrogens with one attached hydrogen (secondary N) is 1. The Morgan fingerprint density at radius 2 is 2.13 bits per heavy atom. The fourth-order valence-corrected chi connectivity index (χ4v) is 2.85. The third-order valence-corrected chi connectivity index (χ3v) is 3.88. The van der Waals surface area contributed by atoms with Gasteiger partial charge in [-0.1, -0.05) is 0 Å². The molecular weight excluding hydrogens is 299 g/mol. The number of aromatic nitrogens is 1. The molecule has 0 saturated carbocycles. The van der Waals surface area contributed by atoms with Crippen LogP contribution >= 0.6 is 0 Å². The van der Waals surface area contributed by atoms with E-state index in [4.69, 9.17) is 4.74 Å². The molecule has 1 aromatic heterocycles. The zero-order chi connectivity index (χ0) is 16.0. The quantitative estimate of drug-likeness (QED) is 0.683. The van der Waals surface area contributed by atoms with Crippen LogP contribution in [0.1, 0.15) is 22.5 Å². The lowest BCUT2D eigenvalue weighted by atomic mass is 10.0. The molecule has 2 aliphatic heterocycles. The Labute approximate surface area is 130 Å². The number of hydrogen-bond donors (Lipinski definition) is 1. The number of amides is 1. The van der Waals surface area contributed by atoms with Crippen molar-refractivity contribution in [3.8, 4) is 0 Å². The molecule has 0 radical (unpaired) electrons. The molecule has 0 bridgehead atoms. The minimum absolute atomic E-state index is 0.221. The summed E-state index contributed by atoms with van der Waals surface area (Å²) in [5.41, 5.74) is 3.36. The van der Waals surface area contributed by atoms with Gasteiger partial charge in [0.15, 0.2) is 0 Å². The van der Waals surface area contributed by atoms with Gasteiger partial charge in [0.05, 0.1) is 11.3 Å². The molecule has 0 fully saturated rings. The van der Waals surface area contributed by atoms with E-state index in [9.17, 15) is 14.0 Å². The second-order valence-electron chi connectivity index (χ2n) is 5.30. The summed E-state index contributed by atoms with van der Waals surface area (Å²) in [6, 6.07) is 7.63. The average molecular weight is 310 g/mol. The number of halogens is 1. The molecule has 2 aromatic rings. The van der Waals surface area contributed by atoms with Crippen LogP contribution < -0.4 is 5.32 Å². The van der Waals surface area contributed by atoms with Crippen LogP contribution in [0.4, 0.5) is 10.1 Å². The maximum absolute atomic E-state index is 13.5. The zero-order valence-electron chi connectivity index (χ0n) is 11.9. The maximum Gasteiger partial charge on any atom is 0.260 e. The third-order valence-electron chi connectivity index (χ3n) is 3.88. The molecule has 3 heterocycles. The van der Waals surface area contributed by atoms with Crippen molar-refractivity contribution in [2.75, 3.05) is 5.32 Å². The average Bonchev–Trinajstić information content (AvgIpc) is 3.07. The number of anilines is 1. The van der Waals surface area contributed by atoms with E-state index < -0.39 is 5.82 Å². The number of rotatable bonds is 2. The monoisotopic (exact) mass is 310 g/mol. The summed E-state index contributed by atoms with van der Waals surface area (Å²) in [7, 11) is 0. The second-order valence-corrected chi connectivity index (χ2v) is 5.30. The molecule has 0 atom stereocenters. The van der Waals surface area contributed by atoms with Crippen LogP contribution in [0.15, 0.2) is 30.3 Å². The van der Waals surface area contributed by atoms with Gasteiger partial charge in [-0.15, -0.1) is 0 Å². The highest BCUT2D eigenvalue weighted by atomic mass is 19.1. The largest absolute Gasteiger partial charge is 0.486 e. The predicted molar refractivity (Wildman–Crippen MR) is 80.6 cm³/mol. The molecule has 6 heteroatoms. The number of carbonyl (C=O) groups excluding carboxylic acids is 2. The van der Waals surface area contributed by atoms with Crippen LogP contribution in [-0.4, -0.2) is 17.2 Å². The molecule has 0 saturated heterocycles. The van der Waals surface area contributed by atoms with Crippen molar-refractivity contribution in [2.24, 2.45) is 0 Å². The van der Waals surface area contributed by atoms with Crippen molar-refractivity contribution in [3.05, 3.63) is 58.7 Å². The lowest BCUT2D eigenvalue weighted by Gasteiger charge is -2.05. The smallest absolute Gasteiger partial charge is 0.260 e. The van der Waals surface area contributed by atoms with E-state index in [1.54, 1.807) is 12.1 Å². The Hall–Kier alpha value is -3.02. The van der Waals surface area contributed by atoms with Crippen LogP contribution in [0.2, 0.25) is 0 Å². The van der Waals surface area contributed by atoms with E-state index >= 15 is 0 Å². The Morgan fingerprint density at radius 1 is 1.26 bits per heavy atom. The van der Waals surface area contributed by atoms with Crippen LogP contribution in [0.5, 0.6) is 0 Å². The lowest BCUT2D eigenvalue weighted by molar-refractivity contribution is -0.111. The Balaban J connectivity index is 1.87. The van der Waals surface area contributed by atoms with Crippen molar-refractivity contribution < 1.29 is 18.7 Å². The molecule has 1 amide bonds. The molecule has 0 aliphatic carbocycles. The molecule has 4 rings (SSSR count). The van der Waals surface area contributed by atoms with Gasteiger partial charge in [-0.3, -0.25) is 9.78 Å². The van der Waals surface area contributed by atoms with Crippen LogP contribution in [0, 0.1) is 5.82 Å². The van der Waals surface area contributed by atoms with Crippen molar-refractivity contribution in [3.63, 3.8) is 0 Å². The summed E-state index contributed by atoms with van der Waals surface area (Å²) >= 11 is 0. The molecule has 114 valence electrons. The van der Waals surface area contributed by atoms with Gasteiger partial charge in [-0.25, -0.2) is 4.39 Å². The van der Waals surface area contributed by atoms with E-state index in [0.717, 1.165) is 6.29 Å². The van der Waals surface area contributed by atoms with E-state index in [-0.39, 0.29) is 18.9 Å². The number of nitrogens with zero attached hydrogens (tertiary/aromatic N) is 1. The first-order valence-electron chi connectivity index (χ1n) is 7.08. The summed E-state index contributed by atoms with van der Waals surface area (Å²) in [5.74, 6) is -0.353. The first-order valence-corrected chi connectivity index (χ1v) is 7.08. The zero-order valence-corrected chi connectivity index (χ0v) is 11.9. The fraction of sp³-hybridized carbons (Fsp3) is 0.118. The summed E-state index contributed by atoms with van der Waals surface area (Å²) in [5, 5.41) is 2.70. The van der Waals surface area contributed by atoms with Gasteiger partial charge in [-0.05, 0) is 30.3 Å². The summed E-state index contributed by atoms with van der Waals surface area (Å²) < 4.78 is 19.2. The SMILES string of the molecule is O=CCc1ccc2c(n1)CO/C2=C1\C(=O)Nc2ccc(F)cc21. The second kappa shape index (κ2) is 5.01. The number of aldehydes is 1. The third kappa shape index (κ3) is 2.11. The van der Waals surface area contributed by atoms with Gasteiger partial charge >= 0.3 is 0 Å². The fourth-order valence-electron chi connectivity index (χ4n) is 2.85. The highest BCUT2D eigenvalue weighted by Gasteiger charge is 2.33. The minimum Gasteiger partial charge on any atom is -0.486 e. The number of pyridine rings is 1. The van der Waals surface area contributed by atoms with E-state index in [1.165, 1.54) is 18.2 Å². The van der Waals surface area contributed by atoms with Crippen molar-refractivity contribution in [2.45, 2.75) is 13.0 Å². The molecule has 5 nitrogen and oxygen atoms in total. The normalized spacial score (nSPS) is 18.2. The summed E-state index contributed by atoms with van der Waals surface area (Å²) in [6.07, 6.45) is 1.01. The molecule has 1 N–H and O–H groups in total. The molecule has 0 unspecified atom stereocenters. The summed E-state index contributed by atoms with van der Waals surface area (Å²) in [4.78, 5) is 27.2. The topological polar surface area (TPSA) is 68.3 Å². The van der Waals surface area contributed by atoms with Gasteiger partial charge in [-0.2, -0.15) is 0 Å². The highest BCUT2D eigenvalue weighted by Crippen LogP contribution is 2.41. The van der Waals surface area contributed by atoms with Crippen molar-refractivity contribution in [1.82, 2.24) is 4.98 Å². The number of fused-ring (bicyclic) bond motifs is 2. The van der Waals surface area contributed by atoms with Gasteiger partial charge < -0.3 is 14.8 Å². The standard InChI is InChI=1S/C17H11FN2O3/c18-9-1-4-13-12(7-9)15(17(22)20-13)16-11-3-2-10(5-6-21)19-14(11)8-23-16/h1-4,6-7H,5,8H2,(H,20,22)/b16-15-. The molecule has 2 aliphatic rings. The van der Waals surface area contributed by atoms with Gasteiger partial charge in [0.2, 0.25) is 0 Å². The maximum atomic E-state index is 13.5. The minimum atomic E-state index is -0.420. The van der Waals surface area contributed by atoms with E-state index in [1.807, 2.05) is 0 Å². The van der Waals surface area contributed by atoms with E-state index in [2.05, 4.69) is 10.3 Å². The summed E-state index contributed by atoms with van der Waals surface area (Å²) in [6.45, 7) is 0.221. The van der Waals surface area contributed by atoms with Crippen molar-refractivity contribution >= 4 is 29.2 Å².